The molecule has 0 unspecified atom stereocenters. The molecule has 0 aliphatic rings. The summed E-state index contributed by atoms with van der Waals surface area (Å²) >= 11 is 0. The summed E-state index contributed by atoms with van der Waals surface area (Å²) in [6, 6.07) is 0. The lowest BCUT2D eigenvalue weighted by Crippen LogP contribution is -2.12. The lowest BCUT2D eigenvalue weighted by atomic mass is 10.3. The Morgan fingerprint density at radius 2 is 2.11 bits per heavy atom. The summed E-state index contributed by atoms with van der Waals surface area (Å²) in [5, 5.41) is 6.39. The first-order valence-electron chi connectivity index (χ1n) is 5.70. The molecule has 0 amide bonds. The van der Waals surface area contributed by atoms with Crippen LogP contribution < -0.4 is 4.74 Å². The van der Waals surface area contributed by atoms with E-state index in [-0.39, 0.29) is 11.4 Å². The highest BCUT2D eigenvalue weighted by atomic mass is 16.5. The molecule has 1 heterocycles. The van der Waals surface area contributed by atoms with Crippen molar-refractivity contribution in [3.8, 4) is 5.88 Å². The van der Waals surface area contributed by atoms with E-state index in [1.165, 1.54) is 6.20 Å². The van der Waals surface area contributed by atoms with Gasteiger partial charge in [0.1, 0.15) is 12.2 Å². The van der Waals surface area contributed by atoms with Gasteiger partial charge in [-0.1, -0.05) is 0 Å². The van der Waals surface area contributed by atoms with E-state index in [9.17, 15) is 4.79 Å². The van der Waals surface area contributed by atoms with Gasteiger partial charge in [-0.2, -0.15) is 0 Å². The molecule has 0 saturated carbocycles. The van der Waals surface area contributed by atoms with E-state index >= 15 is 0 Å². The molecule has 7 nitrogen and oxygen atoms in total. The molecule has 0 atom stereocenters. The fourth-order valence-electron chi connectivity index (χ4n) is 1.18. The van der Waals surface area contributed by atoms with Crippen LogP contribution in [0.25, 0.3) is 0 Å². The standard InChI is InChI=1S/C11H18N2O5/c1-3-17-11(14)9-8-12-13-10(9)18-7-6-16-5-4-15-2/h8H,3-7H2,1-2H3,(H,12,13). The maximum absolute atomic E-state index is 11.5. The highest BCUT2D eigenvalue weighted by Gasteiger charge is 2.16. The van der Waals surface area contributed by atoms with Crippen LogP contribution in [0.5, 0.6) is 5.88 Å². The maximum Gasteiger partial charge on any atom is 0.345 e. The molecule has 0 aliphatic carbocycles. The lowest BCUT2D eigenvalue weighted by Gasteiger charge is -2.06. The number of nitrogens with one attached hydrogen (secondary N) is 1. The van der Waals surface area contributed by atoms with Gasteiger partial charge in [0.25, 0.3) is 0 Å². The number of aromatic amines is 1. The fourth-order valence-corrected chi connectivity index (χ4v) is 1.18. The van der Waals surface area contributed by atoms with Gasteiger partial charge in [0.2, 0.25) is 5.88 Å². The molecule has 102 valence electrons. The van der Waals surface area contributed by atoms with Crippen LogP contribution in [0.15, 0.2) is 6.20 Å². The van der Waals surface area contributed by atoms with Crippen molar-refractivity contribution in [2.75, 3.05) is 40.1 Å². The summed E-state index contributed by atoms with van der Waals surface area (Å²) in [6.45, 7) is 3.80. The molecule has 7 heteroatoms. The molecule has 0 radical (unpaired) electrons. The third-order valence-corrected chi connectivity index (χ3v) is 2.00. The van der Waals surface area contributed by atoms with Crippen LogP contribution in [-0.2, 0) is 14.2 Å². The van der Waals surface area contributed by atoms with Gasteiger partial charge in [-0.05, 0) is 6.92 Å². The molecule has 18 heavy (non-hydrogen) atoms. The minimum atomic E-state index is -0.457. The Labute approximate surface area is 105 Å². The number of hydrogen-bond acceptors (Lipinski definition) is 6. The van der Waals surface area contributed by atoms with Gasteiger partial charge < -0.3 is 18.9 Å². The highest BCUT2D eigenvalue weighted by Crippen LogP contribution is 2.14. The zero-order valence-corrected chi connectivity index (χ0v) is 10.6. The molecular formula is C11H18N2O5. The molecule has 0 spiro atoms. The Balaban J connectivity index is 2.30. The second-order valence-electron chi connectivity index (χ2n) is 3.28. The number of esters is 1. The number of carbonyl (C=O) groups is 1. The summed E-state index contributed by atoms with van der Waals surface area (Å²) in [5.74, 6) is -0.231. The molecule has 1 rings (SSSR count). The number of ether oxygens (including phenoxy) is 4. The van der Waals surface area contributed by atoms with Crippen molar-refractivity contribution in [3.05, 3.63) is 11.8 Å². The molecule has 0 aromatic carbocycles. The molecule has 1 N–H and O–H groups in total. The van der Waals surface area contributed by atoms with E-state index in [4.69, 9.17) is 18.9 Å². The first-order chi connectivity index (χ1) is 8.79. The van der Waals surface area contributed by atoms with E-state index in [0.29, 0.717) is 33.0 Å². The van der Waals surface area contributed by atoms with Gasteiger partial charge >= 0.3 is 5.97 Å². The zero-order chi connectivity index (χ0) is 13.2. The Hall–Kier alpha value is -1.60. The van der Waals surface area contributed by atoms with Gasteiger partial charge in [-0.15, -0.1) is 5.10 Å². The van der Waals surface area contributed by atoms with Crippen LogP contribution in [0.2, 0.25) is 0 Å². The minimum absolute atomic E-state index is 0.226. The average molecular weight is 258 g/mol. The quantitative estimate of drug-likeness (QED) is 0.516. The molecule has 0 aliphatic heterocycles. The highest BCUT2D eigenvalue weighted by molar-refractivity contribution is 5.91. The molecule has 0 bridgehead atoms. The summed E-state index contributed by atoms with van der Waals surface area (Å²) in [7, 11) is 1.61. The van der Waals surface area contributed by atoms with Crippen LogP contribution >= 0.6 is 0 Å². The third kappa shape index (κ3) is 4.72. The zero-order valence-electron chi connectivity index (χ0n) is 10.6. The number of hydrogen-bond donors (Lipinski definition) is 1. The van der Waals surface area contributed by atoms with Crippen molar-refractivity contribution < 1.29 is 23.7 Å². The van der Waals surface area contributed by atoms with Crippen LogP contribution in [-0.4, -0.2) is 56.3 Å². The summed E-state index contributed by atoms with van der Waals surface area (Å²) < 4.78 is 20.2. The Morgan fingerprint density at radius 1 is 1.33 bits per heavy atom. The van der Waals surface area contributed by atoms with Crippen LogP contribution in [0.1, 0.15) is 17.3 Å². The van der Waals surface area contributed by atoms with Crippen molar-refractivity contribution in [2.24, 2.45) is 0 Å². The summed E-state index contributed by atoms with van der Waals surface area (Å²) in [6.07, 6.45) is 1.44. The van der Waals surface area contributed by atoms with Gasteiger partial charge in [0.15, 0.2) is 0 Å². The molecule has 1 aromatic rings. The van der Waals surface area contributed by atoms with E-state index in [2.05, 4.69) is 10.2 Å². The lowest BCUT2D eigenvalue weighted by molar-refractivity contribution is 0.0489. The third-order valence-electron chi connectivity index (χ3n) is 2.00. The van der Waals surface area contributed by atoms with E-state index in [0.717, 1.165) is 0 Å². The smallest absolute Gasteiger partial charge is 0.345 e. The molecule has 1 aromatic heterocycles. The average Bonchev–Trinajstić information content (AvgIpc) is 2.82. The second kappa shape index (κ2) is 8.48. The van der Waals surface area contributed by atoms with Crippen molar-refractivity contribution in [2.45, 2.75) is 6.92 Å². The summed E-state index contributed by atoms with van der Waals surface area (Å²) in [5.41, 5.74) is 0.286. The minimum Gasteiger partial charge on any atom is -0.474 e. The fraction of sp³-hybridized carbons (Fsp3) is 0.636. The van der Waals surface area contributed by atoms with Gasteiger partial charge in [-0.25, -0.2) is 4.79 Å². The number of methoxy groups -OCH3 is 1. The Kier molecular flexibility index (Phi) is 6.82. The monoisotopic (exact) mass is 258 g/mol. The number of aromatic nitrogens is 2. The summed E-state index contributed by atoms with van der Waals surface area (Å²) in [4.78, 5) is 11.5. The van der Waals surface area contributed by atoms with Crippen molar-refractivity contribution in [1.82, 2.24) is 10.2 Å². The molecular weight excluding hydrogens is 240 g/mol. The first-order valence-corrected chi connectivity index (χ1v) is 5.70. The predicted molar refractivity (Wildman–Crippen MR) is 62.7 cm³/mol. The maximum atomic E-state index is 11.5. The van der Waals surface area contributed by atoms with Gasteiger partial charge in [0, 0.05) is 13.3 Å². The van der Waals surface area contributed by atoms with Crippen molar-refractivity contribution >= 4 is 5.97 Å². The topological polar surface area (TPSA) is 82.7 Å². The number of rotatable bonds is 9. The number of carbonyl (C=O) groups excluding carboxylic acids is 1. The number of nitrogens with zero attached hydrogens (tertiary/aromatic N) is 1. The largest absolute Gasteiger partial charge is 0.474 e. The second-order valence-corrected chi connectivity index (χ2v) is 3.28. The van der Waals surface area contributed by atoms with Crippen molar-refractivity contribution in [3.63, 3.8) is 0 Å². The predicted octanol–water partition coefficient (Wildman–Crippen LogP) is 0.628. The van der Waals surface area contributed by atoms with Crippen LogP contribution in [0.3, 0.4) is 0 Å². The normalized spacial score (nSPS) is 10.3. The number of H-pyrrole nitrogens is 1. The van der Waals surface area contributed by atoms with Crippen LogP contribution in [0, 0.1) is 0 Å². The Morgan fingerprint density at radius 3 is 2.83 bits per heavy atom. The van der Waals surface area contributed by atoms with Gasteiger partial charge in [-0.3, -0.25) is 5.10 Å². The molecule has 0 fully saturated rings. The van der Waals surface area contributed by atoms with Crippen molar-refractivity contribution in [1.29, 1.82) is 0 Å². The SMILES string of the molecule is CCOC(=O)c1c[nH]nc1OCCOCCOC. The van der Waals surface area contributed by atoms with Gasteiger partial charge in [0.05, 0.1) is 26.4 Å². The molecule has 0 saturated heterocycles. The van der Waals surface area contributed by atoms with Crippen LogP contribution in [0.4, 0.5) is 0 Å². The van der Waals surface area contributed by atoms with E-state index < -0.39 is 5.97 Å². The first kappa shape index (κ1) is 14.5. The Bertz CT molecular complexity index is 353. The van der Waals surface area contributed by atoms with E-state index in [1.807, 2.05) is 0 Å². The van der Waals surface area contributed by atoms with E-state index in [1.54, 1.807) is 14.0 Å².